The monoisotopic (exact) mass is 390 g/mol. The lowest BCUT2D eigenvalue weighted by molar-refractivity contribution is 0.0608. The number of hydrogen-bond acceptors (Lipinski definition) is 3. The summed E-state index contributed by atoms with van der Waals surface area (Å²) in [7, 11) is 0. The van der Waals surface area contributed by atoms with Crippen molar-refractivity contribution in [1.29, 1.82) is 0 Å². The molecule has 3 aliphatic rings. The molecular weight excluding hydrogens is 348 g/mol. The molecule has 3 nitrogen and oxygen atoms in total. The van der Waals surface area contributed by atoms with E-state index in [1.54, 1.807) is 5.57 Å². The van der Waals surface area contributed by atoms with Gasteiger partial charge in [0.1, 0.15) is 0 Å². The molecule has 0 heterocycles. The molecule has 3 N–H and O–H groups in total. The number of rotatable bonds is 6. The molecule has 3 heteroatoms. The summed E-state index contributed by atoms with van der Waals surface area (Å²) < 4.78 is 0. The van der Waals surface area contributed by atoms with E-state index in [2.05, 4.69) is 19.1 Å². The lowest BCUT2D eigenvalue weighted by Crippen LogP contribution is -2.26. The third-order valence-electron chi connectivity index (χ3n) is 7.61. The van der Waals surface area contributed by atoms with Gasteiger partial charge in [-0.1, -0.05) is 43.1 Å². The lowest BCUT2D eigenvalue weighted by atomic mass is 9.71. The third-order valence-corrected chi connectivity index (χ3v) is 7.61. The van der Waals surface area contributed by atoms with Gasteiger partial charge in [0.2, 0.25) is 0 Å². The second-order valence-corrected chi connectivity index (χ2v) is 10.6. The van der Waals surface area contributed by atoms with Crippen molar-refractivity contribution in [2.24, 2.45) is 23.7 Å². The minimum absolute atomic E-state index is 0.381. The smallest absolute Gasteiger partial charge is 0.0602 e. The maximum absolute atomic E-state index is 9.97. The van der Waals surface area contributed by atoms with Gasteiger partial charge >= 0.3 is 0 Å². The van der Waals surface area contributed by atoms with Crippen molar-refractivity contribution >= 4 is 0 Å². The van der Waals surface area contributed by atoms with Crippen LogP contribution in [0.4, 0.5) is 0 Å². The highest BCUT2D eigenvalue weighted by molar-refractivity contribution is 5.24. The Kier molecular flexibility index (Phi) is 7.44. The van der Waals surface area contributed by atoms with Gasteiger partial charge in [-0.05, 0) is 95.3 Å². The highest BCUT2D eigenvalue weighted by atomic mass is 16.3. The Morgan fingerprint density at radius 2 is 1.79 bits per heavy atom. The van der Waals surface area contributed by atoms with Crippen LogP contribution in [0, 0.1) is 23.7 Å². The molecule has 2 unspecified atom stereocenters. The topological polar surface area (TPSA) is 60.7 Å². The standard InChI is InChI=1S/C25H42O3/c1-17(6-5-13-25(2,3)28)22-11-12-23-19(7-4-8-24(22)23)10-9-18-14-20(26)16-21(27)15-18/h9-10,17,20-24,26-28H,4-8,11-16H2,1-3H3/b18-9?,19-10+/t17-,20-,21?,22-,23-,24?/m1/s1. The fourth-order valence-corrected chi connectivity index (χ4v) is 6.22. The number of fused-ring (bicyclic) bond motifs is 1. The first-order valence-corrected chi connectivity index (χ1v) is 11.7. The van der Waals surface area contributed by atoms with Gasteiger partial charge in [-0.25, -0.2) is 0 Å². The van der Waals surface area contributed by atoms with Crippen LogP contribution in [0.3, 0.4) is 0 Å². The maximum Gasteiger partial charge on any atom is 0.0602 e. The number of allylic oxidation sites excluding steroid dienone is 3. The molecule has 3 rings (SSSR count). The van der Waals surface area contributed by atoms with E-state index < -0.39 is 5.60 Å². The van der Waals surface area contributed by atoms with Gasteiger partial charge in [0.05, 0.1) is 17.8 Å². The van der Waals surface area contributed by atoms with E-state index >= 15 is 0 Å². The lowest BCUT2D eigenvalue weighted by Gasteiger charge is -2.34. The van der Waals surface area contributed by atoms with E-state index in [1.165, 1.54) is 44.1 Å². The average molecular weight is 391 g/mol. The van der Waals surface area contributed by atoms with Gasteiger partial charge in [-0.3, -0.25) is 0 Å². The predicted molar refractivity (Wildman–Crippen MR) is 115 cm³/mol. The van der Waals surface area contributed by atoms with Crippen LogP contribution in [-0.4, -0.2) is 33.1 Å². The first-order chi connectivity index (χ1) is 13.2. The second kappa shape index (κ2) is 9.45. The van der Waals surface area contributed by atoms with Crippen molar-refractivity contribution in [2.75, 3.05) is 0 Å². The second-order valence-electron chi connectivity index (χ2n) is 10.6. The van der Waals surface area contributed by atoms with Gasteiger partial charge in [0.15, 0.2) is 0 Å². The number of hydrogen-bond donors (Lipinski definition) is 3. The van der Waals surface area contributed by atoms with Crippen molar-refractivity contribution in [3.8, 4) is 0 Å². The molecule has 28 heavy (non-hydrogen) atoms. The zero-order chi connectivity index (χ0) is 20.3. The Morgan fingerprint density at radius 3 is 2.46 bits per heavy atom. The molecule has 3 fully saturated rings. The Labute approximate surface area is 171 Å². The van der Waals surface area contributed by atoms with Gasteiger partial charge in [0.25, 0.3) is 0 Å². The van der Waals surface area contributed by atoms with E-state index in [9.17, 15) is 15.3 Å². The Bertz CT molecular complexity index is 559. The van der Waals surface area contributed by atoms with Crippen LogP contribution in [0.25, 0.3) is 0 Å². The number of aliphatic hydroxyl groups excluding tert-OH is 2. The molecular formula is C25H42O3. The molecule has 0 aromatic heterocycles. The van der Waals surface area contributed by atoms with Gasteiger partial charge < -0.3 is 15.3 Å². The SMILES string of the molecule is C[C@H](CCCC(C)(C)O)[C@H]1CC[C@@H]2/C(=C/C=C3CC(O)C[C@H](O)C3)CCCC21. The Morgan fingerprint density at radius 1 is 1.07 bits per heavy atom. The van der Waals surface area contributed by atoms with Crippen molar-refractivity contribution < 1.29 is 15.3 Å². The van der Waals surface area contributed by atoms with Crippen molar-refractivity contribution in [3.63, 3.8) is 0 Å². The van der Waals surface area contributed by atoms with E-state index in [0.717, 1.165) is 49.4 Å². The Balaban J connectivity index is 1.59. The fraction of sp³-hybridized carbons (Fsp3) is 0.840. The molecule has 0 saturated heterocycles. The van der Waals surface area contributed by atoms with Crippen LogP contribution in [0.1, 0.15) is 91.4 Å². The summed E-state index contributed by atoms with van der Waals surface area (Å²) in [6.45, 7) is 6.27. The molecule has 0 spiro atoms. The highest BCUT2D eigenvalue weighted by Gasteiger charge is 2.41. The summed E-state index contributed by atoms with van der Waals surface area (Å²) in [5, 5.41) is 29.8. The molecule has 0 aliphatic heterocycles. The average Bonchev–Trinajstić information content (AvgIpc) is 3.02. The zero-order valence-corrected chi connectivity index (χ0v) is 18.2. The van der Waals surface area contributed by atoms with Crippen molar-refractivity contribution in [2.45, 2.75) is 109 Å². The summed E-state index contributed by atoms with van der Waals surface area (Å²) in [6.07, 6.45) is 15.6. The van der Waals surface area contributed by atoms with Gasteiger partial charge in [-0.2, -0.15) is 0 Å². The molecule has 0 aromatic carbocycles. The van der Waals surface area contributed by atoms with Crippen molar-refractivity contribution in [1.82, 2.24) is 0 Å². The van der Waals surface area contributed by atoms with E-state index in [4.69, 9.17) is 0 Å². The summed E-state index contributed by atoms with van der Waals surface area (Å²) >= 11 is 0. The summed E-state index contributed by atoms with van der Waals surface area (Å²) in [5.41, 5.74) is 2.28. The molecule has 0 bridgehead atoms. The van der Waals surface area contributed by atoms with Crippen LogP contribution < -0.4 is 0 Å². The molecule has 0 amide bonds. The number of aliphatic hydroxyl groups is 3. The summed E-state index contributed by atoms with van der Waals surface area (Å²) in [4.78, 5) is 0. The summed E-state index contributed by atoms with van der Waals surface area (Å²) in [5.74, 6) is 3.16. The Hall–Kier alpha value is -0.640. The zero-order valence-electron chi connectivity index (χ0n) is 18.2. The normalized spacial score (nSPS) is 38.0. The molecule has 3 aliphatic carbocycles. The van der Waals surface area contributed by atoms with Crippen LogP contribution in [-0.2, 0) is 0 Å². The van der Waals surface area contributed by atoms with Gasteiger partial charge in [0, 0.05) is 0 Å². The highest BCUT2D eigenvalue weighted by Crippen LogP contribution is 2.51. The van der Waals surface area contributed by atoms with Crippen molar-refractivity contribution in [3.05, 3.63) is 23.3 Å². The minimum Gasteiger partial charge on any atom is -0.393 e. The first-order valence-electron chi connectivity index (χ1n) is 11.7. The van der Waals surface area contributed by atoms with Crippen LogP contribution in [0.15, 0.2) is 23.3 Å². The largest absolute Gasteiger partial charge is 0.393 e. The van der Waals surface area contributed by atoms with E-state index in [0.29, 0.717) is 6.42 Å². The summed E-state index contributed by atoms with van der Waals surface area (Å²) in [6, 6.07) is 0. The molecule has 0 aromatic rings. The van der Waals surface area contributed by atoms with Crippen LogP contribution in [0.5, 0.6) is 0 Å². The fourth-order valence-electron chi connectivity index (χ4n) is 6.22. The predicted octanol–water partition coefficient (Wildman–Crippen LogP) is 5.15. The third kappa shape index (κ3) is 5.93. The van der Waals surface area contributed by atoms with Crippen LogP contribution in [0.2, 0.25) is 0 Å². The molecule has 3 saturated carbocycles. The van der Waals surface area contributed by atoms with Gasteiger partial charge in [-0.15, -0.1) is 0 Å². The molecule has 0 radical (unpaired) electrons. The molecule has 160 valence electrons. The van der Waals surface area contributed by atoms with Crippen LogP contribution >= 0.6 is 0 Å². The minimum atomic E-state index is -0.535. The molecule has 6 atom stereocenters. The van der Waals surface area contributed by atoms with E-state index in [1.807, 2.05) is 13.8 Å². The maximum atomic E-state index is 9.97. The first kappa shape index (κ1) is 22.1. The quantitative estimate of drug-likeness (QED) is 0.588. The van der Waals surface area contributed by atoms with E-state index in [-0.39, 0.29) is 12.2 Å².